The fourth-order valence-corrected chi connectivity index (χ4v) is 2.01. The van der Waals surface area contributed by atoms with Gasteiger partial charge in [0, 0.05) is 30.9 Å². The van der Waals surface area contributed by atoms with Gasteiger partial charge in [-0.15, -0.1) is 0 Å². The molecule has 1 aliphatic heterocycles. The zero-order chi connectivity index (χ0) is 12.3. The molecule has 1 heterocycles. The molecule has 17 heavy (non-hydrogen) atoms. The molecule has 1 saturated heterocycles. The third-order valence-corrected chi connectivity index (χ3v) is 2.89. The topological polar surface area (TPSA) is 27.0 Å². The molecule has 2 nitrogen and oxygen atoms in total. The molecule has 4 heteroatoms. The number of rotatable bonds is 1. The minimum atomic E-state index is -0.557. The van der Waals surface area contributed by atoms with Crippen molar-refractivity contribution in [2.75, 3.05) is 18.0 Å². The van der Waals surface area contributed by atoms with Gasteiger partial charge in [-0.25, -0.2) is 8.78 Å². The Balaban J connectivity index is 2.11. The van der Waals surface area contributed by atoms with Gasteiger partial charge in [-0.3, -0.25) is 0 Å². The van der Waals surface area contributed by atoms with Crippen LogP contribution in [0.5, 0.6) is 0 Å². The van der Waals surface area contributed by atoms with Crippen LogP contribution in [0.15, 0.2) is 29.8 Å². The molecule has 0 unspecified atom stereocenters. The summed E-state index contributed by atoms with van der Waals surface area (Å²) in [6, 6.07) is 5.55. The summed E-state index contributed by atoms with van der Waals surface area (Å²) < 4.78 is 26.1. The van der Waals surface area contributed by atoms with Gasteiger partial charge in [-0.1, -0.05) is 5.57 Å². The van der Waals surface area contributed by atoms with E-state index < -0.39 is 11.6 Å². The van der Waals surface area contributed by atoms with E-state index in [2.05, 4.69) is 0 Å². The third kappa shape index (κ3) is 2.82. The summed E-state index contributed by atoms with van der Waals surface area (Å²) in [5.74, 6) is -1.11. The molecule has 0 saturated carbocycles. The van der Waals surface area contributed by atoms with Crippen molar-refractivity contribution in [2.45, 2.75) is 12.8 Å². The highest BCUT2D eigenvalue weighted by Gasteiger charge is 2.15. The van der Waals surface area contributed by atoms with E-state index in [1.165, 1.54) is 12.1 Å². The fraction of sp³-hybridized carbons (Fsp3) is 0.308. The first-order chi connectivity index (χ1) is 8.19. The largest absolute Gasteiger partial charge is 0.371 e. The van der Waals surface area contributed by atoms with Crippen LogP contribution in [0.1, 0.15) is 12.8 Å². The lowest BCUT2D eigenvalue weighted by Gasteiger charge is -2.30. The number of nitriles is 1. The van der Waals surface area contributed by atoms with Crippen molar-refractivity contribution in [3.63, 3.8) is 0 Å². The van der Waals surface area contributed by atoms with E-state index in [-0.39, 0.29) is 0 Å². The Labute approximate surface area is 98.8 Å². The van der Waals surface area contributed by atoms with Gasteiger partial charge in [-0.05, 0) is 25.0 Å². The van der Waals surface area contributed by atoms with E-state index in [1.54, 1.807) is 6.08 Å². The minimum Gasteiger partial charge on any atom is -0.371 e. The molecule has 1 fully saturated rings. The van der Waals surface area contributed by atoms with Crippen LogP contribution in [0.4, 0.5) is 14.5 Å². The predicted octanol–water partition coefficient (Wildman–Crippen LogP) is 3.01. The summed E-state index contributed by atoms with van der Waals surface area (Å²) >= 11 is 0. The lowest BCUT2D eigenvalue weighted by Crippen LogP contribution is -2.30. The molecule has 0 spiro atoms. The number of nitrogens with zero attached hydrogens (tertiary/aromatic N) is 2. The Kier molecular flexibility index (Phi) is 3.38. The maximum atomic E-state index is 13.1. The zero-order valence-corrected chi connectivity index (χ0v) is 9.29. The first-order valence-electron chi connectivity index (χ1n) is 5.47. The van der Waals surface area contributed by atoms with Crippen molar-refractivity contribution in [3.05, 3.63) is 41.5 Å². The van der Waals surface area contributed by atoms with Crippen LogP contribution in [0.25, 0.3) is 0 Å². The number of piperidine rings is 1. The predicted molar refractivity (Wildman–Crippen MR) is 61.5 cm³/mol. The zero-order valence-electron chi connectivity index (χ0n) is 9.29. The molecule has 0 bridgehead atoms. The van der Waals surface area contributed by atoms with Gasteiger partial charge in [0.1, 0.15) is 11.6 Å². The average Bonchev–Trinajstić information content (AvgIpc) is 2.29. The SMILES string of the molecule is N#CC=C1CCN(c2cc(F)cc(F)c2)CC1. The number of allylic oxidation sites excluding steroid dienone is 1. The maximum Gasteiger partial charge on any atom is 0.128 e. The number of hydrogen-bond acceptors (Lipinski definition) is 2. The summed E-state index contributed by atoms with van der Waals surface area (Å²) in [5.41, 5.74) is 1.67. The number of halogens is 2. The molecule has 1 aliphatic rings. The molecule has 0 radical (unpaired) electrons. The molecular weight excluding hydrogens is 222 g/mol. The van der Waals surface area contributed by atoms with Crippen LogP contribution >= 0.6 is 0 Å². The highest BCUT2D eigenvalue weighted by atomic mass is 19.1. The van der Waals surface area contributed by atoms with Crippen LogP contribution in [0, 0.1) is 23.0 Å². The standard InChI is InChI=1S/C13H12F2N2/c14-11-7-12(15)9-13(8-11)17-5-2-10(1-4-16)3-6-17/h1,7-9H,2-3,5-6H2. The van der Waals surface area contributed by atoms with Crippen molar-refractivity contribution < 1.29 is 8.78 Å². The average molecular weight is 234 g/mol. The first-order valence-corrected chi connectivity index (χ1v) is 5.47. The third-order valence-electron chi connectivity index (χ3n) is 2.89. The highest BCUT2D eigenvalue weighted by Crippen LogP contribution is 2.24. The lowest BCUT2D eigenvalue weighted by atomic mass is 10.0. The van der Waals surface area contributed by atoms with E-state index in [0.29, 0.717) is 18.8 Å². The molecule has 2 rings (SSSR count). The van der Waals surface area contributed by atoms with Crippen molar-refractivity contribution >= 4 is 5.69 Å². The van der Waals surface area contributed by atoms with Gasteiger partial charge < -0.3 is 4.90 Å². The number of benzene rings is 1. The molecule has 1 aromatic carbocycles. The number of hydrogen-bond donors (Lipinski definition) is 0. The molecule has 0 aliphatic carbocycles. The van der Waals surface area contributed by atoms with E-state index in [0.717, 1.165) is 24.5 Å². The lowest BCUT2D eigenvalue weighted by molar-refractivity contribution is 0.579. The number of anilines is 1. The molecule has 0 N–H and O–H groups in total. The van der Waals surface area contributed by atoms with Crippen molar-refractivity contribution in [2.24, 2.45) is 0 Å². The summed E-state index contributed by atoms with van der Waals surface area (Å²) in [4.78, 5) is 1.93. The first kappa shape index (κ1) is 11.6. The summed E-state index contributed by atoms with van der Waals surface area (Å²) in [6.07, 6.45) is 3.10. The van der Waals surface area contributed by atoms with Gasteiger partial charge in [-0.2, -0.15) is 5.26 Å². The van der Waals surface area contributed by atoms with E-state index in [1.807, 2.05) is 11.0 Å². The second-order valence-electron chi connectivity index (χ2n) is 4.05. The van der Waals surface area contributed by atoms with E-state index in [9.17, 15) is 8.78 Å². The maximum absolute atomic E-state index is 13.1. The van der Waals surface area contributed by atoms with E-state index >= 15 is 0 Å². The Hall–Kier alpha value is -1.89. The van der Waals surface area contributed by atoms with Crippen molar-refractivity contribution in [1.82, 2.24) is 0 Å². The van der Waals surface area contributed by atoms with Crippen LogP contribution in [-0.4, -0.2) is 13.1 Å². The molecule has 88 valence electrons. The monoisotopic (exact) mass is 234 g/mol. The van der Waals surface area contributed by atoms with Gasteiger partial charge in [0.05, 0.1) is 6.07 Å². The van der Waals surface area contributed by atoms with Crippen LogP contribution in [-0.2, 0) is 0 Å². The van der Waals surface area contributed by atoms with Gasteiger partial charge in [0.15, 0.2) is 0 Å². The second kappa shape index (κ2) is 4.96. The van der Waals surface area contributed by atoms with Crippen LogP contribution < -0.4 is 4.90 Å². The molecular formula is C13H12F2N2. The van der Waals surface area contributed by atoms with Gasteiger partial charge in [0.25, 0.3) is 0 Å². The Morgan fingerprint density at radius 1 is 1.12 bits per heavy atom. The summed E-state index contributed by atoms with van der Waals surface area (Å²) in [5, 5.41) is 8.54. The molecule has 1 aromatic rings. The normalized spacial score (nSPS) is 15.6. The molecule has 0 aromatic heterocycles. The Bertz CT molecular complexity index is 458. The van der Waals surface area contributed by atoms with Gasteiger partial charge in [0.2, 0.25) is 0 Å². The van der Waals surface area contributed by atoms with Crippen molar-refractivity contribution in [3.8, 4) is 6.07 Å². The second-order valence-corrected chi connectivity index (χ2v) is 4.05. The molecule has 0 amide bonds. The van der Waals surface area contributed by atoms with Crippen LogP contribution in [0.3, 0.4) is 0 Å². The van der Waals surface area contributed by atoms with Gasteiger partial charge >= 0.3 is 0 Å². The van der Waals surface area contributed by atoms with E-state index in [4.69, 9.17) is 5.26 Å². The Morgan fingerprint density at radius 2 is 1.71 bits per heavy atom. The van der Waals surface area contributed by atoms with Crippen molar-refractivity contribution in [1.29, 1.82) is 5.26 Å². The smallest absolute Gasteiger partial charge is 0.128 e. The fourth-order valence-electron chi connectivity index (χ4n) is 2.01. The minimum absolute atomic E-state index is 0.557. The highest BCUT2D eigenvalue weighted by molar-refractivity contribution is 5.48. The summed E-state index contributed by atoms with van der Waals surface area (Å²) in [7, 11) is 0. The van der Waals surface area contributed by atoms with Crippen LogP contribution in [0.2, 0.25) is 0 Å². The molecule has 0 atom stereocenters. The summed E-state index contributed by atoms with van der Waals surface area (Å²) in [6.45, 7) is 1.38. The Morgan fingerprint density at radius 3 is 2.24 bits per heavy atom. The quantitative estimate of drug-likeness (QED) is 0.698.